The smallest absolute Gasteiger partial charge is 0.235 e. The van der Waals surface area contributed by atoms with E-state index >= 15 is 4.39 Å². The SMILES string of the molecule is Nc1ncc2cc(-c3c(F)ccc(NS(=O)(=O)C4CCSCC4)c3F)ccc2n1. The Balaban J connectivity index is 1.73. The van der Waals surface area contributed by atoms with E-state index in [1.165, 1.54) is 18.3 Å². The van der Waals surface area contributed by atoms with Crippen LogP contribution in [0.5, 0.6) is 0 Å². The highest BCUT2D eigenvalue weighted by Gasteiger charge is 2.29. The molecule has 3 aromatic rings. The van der Waals surface area contributed by atoms with Crippen molar-refractivity contribution in [3.05, 3.63) is 48.2 Å². The van der Waals surface area contributed by atoms with Gasteiger partial charge in [0.05, 0.1) is 22.0 Å². The van der Waals surface area contributed by atoms with Gasteiger partial charge in [-0.05, 0) is 54.2 Å². The minimum absolute atomic E-state index is 0.0973. The Kier molecular flexibility index (Phi) is 5.30. The predicted octanol–water partition coefficient (Wildman–Crippen LogP) is 3.79. The summed E-state index contributed by atoms with van der Waals surface area (Å²) in [4.78, 5) is 7.95. The number of hydrogen-bond acceptors (Lipinski definition) is 6. The van der Waals surface area contributed by atoms with E-state index in [1.807, 2.05) is 0 Å². The van der Waals surface area contributed by atoms with Crippen LogP contribution in [0.4, 0.5) is 20.4 Å². The molecule has 1 saturated heterocycles. The molecule has 2 heterocycles. The minimum Gasteiger partial charge on any atom is -0.368 e. The highest BCUT2D eigenvalue weighted by Crippen LogP contribution is 2.33. The third-order valence-electron chi connectivity index (χ3n) is 4.84. The number of fused-ring (bicyclic) bond motifs is 1. The zero-order valence-corrected chi connectivity index (χ0v) is 16.9. The fourth-order valence-corrected chi connectivity index (χ4v) is 6.21. The third kappa shape index (κ3) is 3.99. The zero-order valence-electron chi connectivity index (χ0n) is 15.2. The first kappa shape index (κ1) is 19.8. The average Bonchev–Trinajstić information content (AvgIpc) is 2.71. The van der Waals surface area contributed by atoms with Gasteiger partial charge in [-0.25, -0.2) is 27.2 Å². The molecule has 1 aromatic heterocycles. The first-order valence-corrected chi connectivity index (χ1v) is 11.7. The summed E-state index contributed by atoms with van der Waals surface area (Å²) >= 11 is 1.69. The van der Waals surface area contributed by atoms with Gasteiger partial charge in [-0.1, -0.05) is 6.07 Å². The summed E-state index contributed by atoms with van der Waals surface area (Å²) in [6.07, 6.45) is 2.47. The second-order valence-electron chi connectivity index (χ2n) is 6.74. The first-order chi connectivity index (χ1) is 13.8. The van der Waals surface area contributed by atoms with Crippen LogP contribution in [0.2, 0.25) is 0 Å². The normalized spacial score (nSPS) is 15.5. The average molecular weight is 437 g/mol. The van der Waals surface area contributed by atoms with E-state index in [2.05, 4.69) is 14.7 Å². The summed E-state index contributed by atoms with van der Waals surface area (Å²) in [7, 11) is -3.77. The Morgan fingerprint density at radius 1 is 1.14 bits per heavy atom. The van der Waals surface area contributed by atoms with Crippen molar-refractivity contribution >= 4 is 44.3 Å². The number of nitrogens with two attached hydrogens (primary N) is 1. The van der Waals surface area contributed by atoms with E-state index in [0.717, 1.165) is 23.6 Å². The summed E-state index contributed by atoms with van der Waals surface area (Å²) in [5.74, 6) is -0.177. The van der Waals surface area contributed by atoms with Crippen LogP contribution in [0.15, 0.2) is 36.5 Å². The molecule has 10 heteroatoms. The van der Waals surface area contributed by atoms with Crippen molar-refractivity contribution in [1.82, 2.24) is 9.97 Å². The lowest BCUT2D eigenvalue weighted by molar-refractivity contribution is 0.573. The Labute approximate surface area is 171 Å². The van der Waals surface area contributed by atoms with Crippen molar-refractivity contribution in [2.24, 2.45) is 0 Å². The molecule has 0 bridgehead atoms. The molecular formula is C19H18F2N4O2S2. The van der Waals surface area contributed by atoms with Crippen molar-refractivity contribution < 1.29 is 17.2 Å². The van der Waals surface area contributed by atoms with E-state index in [0.29, 0.717) is 23.7 Å². The molecule has 0 radical (unpaired) electrons. The fraction of sp³-hybridized carbons (Fsp3) is 0.263. The van der Waals surface area contributed by atoms with Gasteiger partial charge in [-0.2, -0.15) is 11.8 Å². The molecule has 1 aliphatic rings. The lowest BCUT2D eigenvalue weighted by atomic mass is 10.0. The summed E-state index contributed by atoms with van der Waals surface area (Å²) in [5, 5.41) is -0.0267. The number of halogens is 2. The monoisotopic (exact) mass is 436 g/mol. The molecular weight excluding hydrogens is 418 g/mol. The third-order valence-corrected chi connectivity index (χ3v) is 7.74. The topological polar surface area (TPSA) is 98.0 Å². The lowest BCUT2D eigenvalue weighted by Crippen LogP contribution is -2.31. The van der Waals surface area contributed by atoms with Crippen LogP contribution in [0.25, 0.3) is 22.0 Å². The minimum atomic E-state index is -3.77. The Morgan fingerprint density at radius 3 is 2.66 bits per heavy atom. The van der Waals surface area contributed by atoms with Gasteiger partial charge in [0.25, 0.3) is 0 Å². The van der Waals surface area contributed by atoms with Crippen LogP contribution in [-0.2, 0) is 10.0 Å². The molecule has 0 aliphatic carbocycles. The second-order valence-corrected chi connectivity index (χ2v) is 9.93. The number of benzene rings is 2. The lowest BCUT2D eigenvalue weighted by Gasteiger charge is -2.22. The van der Waals surface area contributed by atoms with Crippen LogP contribution in [-0.4, -0.2) is 35.1 Å². The molecule has 0 saturated carbocycles. The second kappa shape index (κ2) is 7.75. The number of sulfonamides is 1. The van der Waals surface area contributed by atoms with Crippen molar-refractivity contribution in [1.29, 1.82) is 0 Å². The number of nitrogens with one attached hydrogen (secondary N) is 1. The maximum Gasteiger partial charge on any atom is 0.235 e. The highest BCUT2D eigenvalue weighted by molar-refractivity contribution is 7.99. The van der Waals surface area contributed by atoms with Crippen molar-refractivity contribution in [3.8, 4) is 11.1 Å². The quantitative estimate of drug-likeness (QED) is 0.646. The number of anilines is 2. The van der Waals surface area contributed by atoms with Crippen LogP contribution in [0, 0.1) is 11.6 Å². The molecule has 0 amide bonds. The molecule has 152 valence electrons. The van der Waals surface area contributed by atoms with Gasteiger partial charge in [-0.3, -0.25) is 4.72 Å². The van der Waals surface area contributed by atoms with E-state index < -0.39 is 26.9 Å². The van der Waals surface area contributed by atoms with Gasteiger partial charge in [0.15, 0.2) is 5.82 Å². The van der Waals surface area contributed by atoms with Crippen molar-refractivity contribution in [2.45, 2.75) is 18.1 Å². The molecule has 1 fully saturated rings. The van der Waals surface area contributed by atoms with Gasteiger partial charge >= 0.3 is 0 Å². The highest BCUT2D eigenvalue weighted by atomic mass is 32.2. The molecule has 0 unspecified atom stereocenters. The van der Waals surface area contributed by atoms with E-state index in [1.54, 1.807) is 17.8 Å². The molecule has 29 heavy (non-hydrogen) atoms. The van der Waals surface area contributed by atoms with Crippen LogP contribution < -0.4 is 10.5 Å². The van der Waals surface area contributed by atoms with Crippen LogP contribution >= 0.6 is 11.8 Å². The van der Waals surface area contributed by atoms with Gasteiger partial charge in [0.1, 0.15) is 5.82 Å². The zero-order chi connectivity index (χ0) is 20.6. The molecule has 3 N–H and O–H groups in total. The summed E-state index contributed by atoms with van der Waals surface area (Å²) in [5.41, 5.74) is 5.75. The largest absolute Gasteiger partial charge is 0.368 e. The van der Waals surface area contributed by atoms with Crippen molar-refractivity contribution in [3.63, 3.8) is 0 Å². The summed E-state index contributed by atoms with van der Waals surface area (Å²) in [6, 6.07) is 6.78. The molecule has 2 aromatic carbocycles. The predicted molar refractivity (Wildman–Crippen MR) is 112 cm³/mol. The van der Waals surface area contributed by atoms with Crippen LogP contribution in [0.3, 0.4) is 0 Å². The maximum absolute atomic E-state index is 15.2. The summed E-state index contributed by atoms with van der Waals surface area (Å²) < 4.78 is 57.2. The number of nitrogens with zero attached hydrogens (tertiary/aromatic N) is 2. The molecule has 6 nitrogen and oxygen atoms in total. The fourth-order valence-electron chi connectivity index (χ4n) is 3.32. The van der Waals surface area contributed by atoms with E-state index in [9.17, 15) is 12.8 Å². The maximum atomic E-state index is 15.2. The van der Waals surface area contributed by atoms with Gasteiger partial charge < -0.3 is 5.73 Å². The standard InChI is InChI=1S/C19H18F2N4O2S2/c20-14-2-4-16(25-29(26,27)13-5-7-28-8-6-13)18(21)17(14)11-1-3-15-12(9-11)10-23-19(22)24-15/h1-4,9-10,13,25H,5-8H2,(H2,22,23,24). The molecule has 0 spiro atoms. The number of rotatable bonds is 4. The van der Waals surface area contributed by atoms with Crippen LogP contribution in [0.1, 0.15) is 12.8 Å². The molecule has 0 atom stereocenters. The van der Waals surface area contributed by atoms with Crippen molar-refractivity contribution in [2.75, 3.05) is 22.0 Å². The molecule has 4 rings (SSSR count). The van der Waals surface area contributed by atoms with E-state index in [-0.39, 0.29) is 22.8 Å². The Hall–Kier alpha value is -2.46. The van der Waals surface area contributed by atoms with E-state index in [4.69, 9.17) is 5.73 Å². The van der Waals surface area contributed by atoms with Gasteiger partial charge in [0.2, 0.25) is 16.0 Å². The number of thioether (sulfide) groups is 1. The summed E-state index contributed by atoms with van der Waals surface area (Å²) in [6.45, 7) is 0. The molecule has 1 aliphatic heterocycles. The number of nitrogen functional groups attached to an aromatic ring is 1. The van der Waals surface area contributed by atoms with Gasteiger partial charge in [-0.15, -0.1) is 0 Å². The number of aromatic nitrogens is 2. The first-order valence-electron chi connectivity index (χ1n) is 8.95. The van der Waals surface area contributed by atoms with Gasteiger partial charge in [0, 0.05) is 11.6 Å². The Morgan fingerprint density at radius 2 is 1.90 bits per heavy atom. The Bertz CT molecular complexity index is 1180. The number of hydrogen-bond donors (Lipinski definition) is 2.